The van der Waals surface area contributed by atoms with Gasteiger partial charge in [-0.3, -0.25) is 4.98 Å². The second-order valence-corrected chi connectivity index (χ2v) is 10.5. The van der Waals surface area contributed by atoms with E-state index in [-0.39, 0.29) is 18.4 Å². The fourth-order valence-electron chi connectivity index (χ4n) is 3.84. The smallest absolute Gasteiger partial charge is 0.175 e. The van der Waals surface area contributed by atoms with Crippen LogP contribution in [0, 0.1) is 0 Å². The van der Waals surface area contributed by atoms with Crippen molar-refractivity contribution in [3.8, 4) is 11.1 Å². The molecule has 0 saturated heterocycles. The van der Waals surface area contributed by atoms with Crippen LogP contribution in [0.3, 0.4) is 0 Å². The van der Waals surface area contributed by atoms with Crippen LogP contribution in [-0.2, 0) is 22.9 Å². The third kappa shape index (κ3) is 5.46. The fraction of sp³-hybridized carbons (Fsp3) is 0.542. The van der Waals surface area contributed by atoms with Gasteiger partial charge in [0.15, 0.2) is 9.84 Å². The van der Waals surface area contributed by atoms with Crippen LogP contribution in [0.15, 0.2) is 29.2 Å². The van der Waals surface area contributed by atoms with Crippen molar-refractivity contribution in [1.82, 2.24) is 4.98 Å². The minimum atomic E-state index is -3.25. The quantitative estimate of drug-likeness (QED) is 0.537. The molecule has 1 N–H and O–H groups in total. The van der Waals surface area contributed by atoms with Crippen LogP contribution in [0.4, 0.5) is 0 Å². The average molecular weight is 418 g/mol. The molecule has 0 radical (unpaired) electrons. The van der Waals surface area contributed by atoms with Crippen LogP contribution in [0.2, 0.25) is 0 Å². The highest BCUT2D eigenvalue weighted by Crippen LogP contribution is 2.37. The van der Waals surface area contributed by atoms with Crippen LogP contribution >= 0.6 is 0 Å². The van der Waals surface area contributed by atoms with Crippen molar-refractivity contribution < 1.29 is 13.5 Å². The molecular weight excluding hydrogens is 382 g/mol. The Morgan fingerprint density at radius 2 is 1.48 bits per heavy atom. The molecule has 0 fully saturated rings. The molecule has 2 aromatic rings. The normalized spacial score (nSPS) is 12.2. The molecule has 1 aromatic heterocycles. The van der Waals surface area contributed by atoms with Gasteiger partial charge in [-0.05, 0) is 53.5 Å². The highest BCUT2D eigenvalue weighted by atomic mass is 32.2. The van der Waals surface area contributed by atoms with Gasteiger partial charge in [0.1, 0.15) is 0 Å². The summed E-state index contributed by atoms with van der Waals surface area (Å²) in [5.74, 6) is 0.458. The van der Waals surface area contributed by atoms with E-state index in [1.54, 1.807) is 12.1 Å². The van der Waals surface area contributed by atoms with Gasteiger partial charge in [-0.1, -0.05) is 59.6 Å². The second-order valence-electron chi connectivity index (χ2n) is 8.44. The SMILES string of the molecule is CCCCCc1c(C(C)C)nc(C(C)C)c(CO)c1-c1ccc(S(C)(=O)=O)cc1. The van der Waals surface area contributed by atoms with Gasteiger partial charge in [-0.25, -0.2) is 8.42 Å². The predicted octanol–water partition coefficient (Wildman–Crippen LogP) is 5.62. The van der Waals surface area contributed by atoms with Crippen molar-refractivity contribution >= 4 is 9.84 Å². The number of rotatable bonds is 9. The van der Waals surface area contributed by atoms with E-state index in [2.05, 4.69) is 34.6 Å². The first-order valence-electron chi connectivity index (χ1n) is 10.6. The first-order chi connectivity index (χ1) is 13.6. The molecular formula is C24H35NO3S. The molecule has 0 aliphatic carbocycles. The lowest BCUT2D eigenvalue weighted by molar-refractivity contribution is 0.279. The van der Waals surface area contributed by atoms with Crippen molar-refractivity contribution in [1.29, 1.82) is 0 Å². The van der Waals surface area contributed by atoms with Crippen molar-refractivity contribution in [2.45, 2.75) is 83.6 Å². The molecule has 0 amide bonds. The number of sulfone groups is 1. The number of aromatic nitrogens is 1. The molecule has 29 heavy (non-hydrogen) atoms. The minimum absolute atomic E-state index is 0.0805. The molecule has 0 bridgehead atoms. The van der Waals surface area contributed by atoms with Crippen molar-refractivity contribution in [3.63, 3.8) is 0 Å². The first-order valence-corrected chi connectivity index (χ1v) is 12.5. The maximum Gasteiger partial charge on any atom is 0.175 e. The van der Waals surface area contributed by atoms with Crippen LogP contribution in [0.25, 0.3) is 11.1 Å². The van der Waals surface area contributed by atoms with E-state index in [1.165, 1.54) is 11.8 Å². The Morgan fingerprint density at radius 1 is 0.931 bits per heavy atom. The predicted molar refractivity (Wildman–Crippen MR) is 120 cm³/mol. The molecule has 0 unspecified atom stereocenters. The fourth-order valence-corrected chi connectivity index (χ4v) is 4.47. The zero-order chi connectivity index (χ0) is 21.8. The zero-order valence-corrected chi connectivity index (χ0v) is 19.4. The lowest BCUT2D eigenvalue weighted by atomic mass is 9.85. The highest BCUT2D eigenvalue weighted by Gasteiger charge is 2.23. The highest BCUT2D eigenvalue weighted by molar-refractivity contribution is 7.90. The molecule has 0 spiro atoms. The van der Waals surface area contributed by atoms with Crippen LogP contribution in [0.5, 0.6) is 0 Å². The minimum Gasteiger partial charge on any atom is -0.392 e. The van der Waals surface area contributed by atoms with Gasteiger partial charge in [0.05, 0.1) is 11.5 Å². The topological polar surface area (TPSA) is 67.3 Å². The summed E-state index contributed by atoms with van der Waals surface area (Å²) in [6, 6.07) is 7.04. The summed E-state index contributed by atoms with van der Waals surface area (Å²) in [6.45, 7) is 10.6. The van der Waals surface area contributed by atoms with Crippen molar-refractivity contribution in [2.75, 3.05) is 6.26 Å². The van der Waals surface area contributed by atoms with Crippen molar-refractivity contribution in [3.05, 3.63) is 46.8 Å². The lowest BCUT2D eigenvalue weighted by Gasteiger charge is -2.24. The Bertz CT molecular complexity index is 930. The van der Waals surface area contributed by atoms with Crippen molar-refractivity contribution in [2.24, 2.45) is 0 Å². The summed E-state index contributed by atoms with van der Waals surface area (Å²) >= 11 is 0. The summed E-state index contributed by atoms with van der Waals surface area (Å²) in [5.41, 5.74) is 6.05. The van der Waals surface area contributed by atoms with Gasteiger partial charge < -0.3 is 5.11 Å². The number of pyridine rings is 1. The third-order valence-corrected chi connectivity index (χ3v) is 6.44. The standard InChI is InChI=1S/C24H35NO3S/c1-7-8-9-10-20-22(18-11-13-19(14-12-18)29(6,27)28)21(15-26)24(17(4)5)25-23(20)16(2)3/h11-14,16-17,26H,7-10,15H2,1-6H3. The Hall–Kier alpha value is -1.72. The number of aliphatic hydroxyl groups excluding tert-OH is 1. The van der Waals surface area contributed by atoms with Crippen LogP contribution in [-0.4, -0.2) is 24.8 Å². The van der Waals surface area contributed by atoms with E-state index < -0.39 is 9.84 Å². The van der Waals surface area contributed by atoms with Gasteiger partial charge in [0.25, 0.3) is 0 Å². The number of aliphatic hydroxyl groups is 1. The molecule has 0 saturated carbocycles. The monoisotopic (exact) mass is 417 g/mol. The molecule has 0 aliphatic rings. The van der Waals surface area contributed by atoms with Crippen LogP contribution in [0.1, 0.15) is 88.2 Å². The molecule has 1 heterocycles. The molecule has 4 nitrogen and oxygen atoms in total. The maximum absolute atomic E-state index is 11.9. The van der Waals surface area contributed by atoms with Gasteiger partial charge >= 0.3 is 0 Å². The molecule has 1 aromatic carbocycles. The Labute approximate surface area is 176 Å². The Morgan fingerprint density at radius 3 is 1.93 bits per heavy atom. The first kappa shape index (κ1) is 23.6. The number of hydrogen-bond acceptors (Lipinski definition) is 4. The van der Waals surface area contributed by atoms with Gasteiger partial charge in [-0.2, -0.15) is 0 Å². The second kappa shape index (κ2) is 9.86. The van der Waals surface area contributed by atoms with Gasteiger partial charge in [-0.15, -0.1) is 0 Å². The van der Waals surface area contributed by atoms with Gasteiger partial charge in [0.2, 0.25) is 0 Å². The molecule has 5 heteroatoms. The summed E-state index contributed by atoms with van der Waals surface area (Å²) < 4.78 is 23.8. The van der Waals surface area contributed by atoms with Gasteiger partial charge in [0, 0.05) is 23.2 Å². The van der Waals surface area contributed by atoms with Crippen LogP contribution < -0.4 is 0 Å². The summed E-state index contributed by atoms with van der Waals surface area (Å²) in [6.07, 6.45) is 5.47. The Balaban J connectivity index is 2.80. The number of unbranched alkanes of at least 4 members (excludes halogenated alkanes) is 2. The molecule has 2 rings (SSSR count). The average Bonchev–Trinajstić information content (AvgIpc) is 2.66. The summed E-state index contributed by atoms with van der Waals surface area (Å²) in [5, 5.41) is 10.3. The number of hydrogen-bond donors (Lipinski definition) is 1. The number of nitrogens with zero attached hydrogens (tertiary/aromatic N) is 1. The molecule has 160 valence electrons. The number of benzene rings is 1. The zero-order valence-electron chi connectivity index (χ0n) is 18.6. The van der Waals surface area contributed by atoms with E-state index in [0.29, 0.717) is 4.90 Å². The largest absolute Gasteiger partial charge is 0.392 e. The lowest BCUT2D eigenvalue weighted by Crippen LogP contribution is -2.12. The summed E-state index contributed by atoms with van der Waals surface area (Å²) in [4.78, 5) is 5.32. The van der Waals surface area contributed by atoms with E-state index in [0.717, 1.165) is 53.8 Å². The molecule has 0 aliphatic heterocycles. The summed E-state index contributed by atoms with van der Waals surface area (Å²) in [7, 11) is -3.25. The third-order valence-electron chi connectivity index (χ3n) is 5.32. The van der Waals surface area contributed by atoms with E-state index in [1.807, 2.05) is 12.1 Å². The Kier molecular flexibility index (Phi) is 8.01. The van der Waals surface area contributed by atoms with E-state index >= 15 is 0 Å². The van der Waals surface area contributed by atoms with E-state index in [4.69, 9.17) is 4.98 Å². The van der Waals surface area contributed by atoms with E-state index in [9.17, 15) is 13.5 Å². The molecule has 0 atom stereocenters. The maximum atomic E-state index is 11.9.